The Hall–Kier alpha value is -1.81. The topological polar surface area (TPSA) is 57.2 Å². The Morgan fingerprint density at radius 3 is 2.56 bits per heavy atom. The van der Waals surface area contributed by atoms with Crippen LogP contribution < -0.4 is 16.0 Å². The number of hydrogen-bond donors (Lipinski definition) is 1. The minimum Gasteiger partial charge on any atom is -0.495 e. The molecule has 18 heavy (non-hydrogen) atoms. The van der Waals surface area contributed by atoms with Gasteiger partial charge in [-0.15, -0.1) is 0 Å². The Labute approximate surface area is 106 Å². The van der Waals surface area contributed by atoms with Gasteiger partial charge in [0, 0.05) is 24.5 Å². The van der Waals surface area contributed by atoms with Crippen molar-refractivity contribution in [3.63, 3.8) is 0 Å². The van der Waals surface area contributed by atoms with Crippen molar-refractivity contribution < 1.29 is 4.74 Å². The minimum atomic E-state index is -0.0496. The van der Waals surface area contributed by atoms with E-state index < -0.39 is 0 Å². The molecule has 1 aromatic heterocycles. The van der Waals surface area contributed by atoms with Crippen LogP contribution in [0.2, 0.25) is 0 Å². The number of pyridine rings is 1. The van der Waals surface area contributed by atoms with E-state index in [2.05, 4.69) is 0 Å². The maximum Gasteiger partial charge on any atom is 0.255 e. The highest BCUT2D eigenvalue weighted by atomic mass is 16.5. The molecule has 2 rings (SSSR count). The van der Waals surface area contributed by atoms with Crippen LogP contribution in [-0.4, -0.2) is 11.7 Å². The molecule has 1 aromatic carbocycles. The van der Waals surface area contributed by atoms with Gasteiger partial charge in [0.2, 0.25) is 0 Å². The van der Waals surface area contributed by atoms with Gasteiger partial charge in [-0.05, 0) is 31.0 Å². The third kappa shape index (κ3) is 1.61. The first kappa shape index (κ1) is 12.6. The van der Waals surface area contributed by atoms with Gasteiger partial charge in [-0.25, -0.2) is 0 Å². The number of ether oxygens (including phenoxy) is 1. The van der Waals surface area contributed by atoms with Crippen LogP contribution >= 0.6 is 0 Å². The Morgan fingerprint density at radius 2 is 2.00 bits per heavy atom. The molecule has 0 unspecified atom stereocenters. The molecule has 0 aliphatic carbocycles. The summed E-state index contributed by atoms with van der Waals surface area (Å²) in [5, 5.41) is 1.05. The predicted molar refractivity (Wildman–Crippen MR) is 73.1 cm³/mol. The van der Waals surface area contributed by atoms with Gasteiger partial charge >= 0.3 is 0 Å². The smallest absolute Gasteiger partial charge is 0.255 e. The maximum atomic E-state index is 12.2. The number of methoxy groups -OCH3 is 1. The molecule has 1 heterocycles. The summed E-state index contributed by atoms with van der Waals surface area (Å²) in [7, 11) is 3.37. The summed E-state index contributed by atoms with van der Waals surface area (Å²) in [6.07, 6.45) is 0. The Kier molecular flexibility index (Phi) is 3.13. The molecule has 0 aliphatic rings. The van der Waals surface area contributed by atoms with E-state index in [-0.39, 0.29) is 12.1 Å². The highest BCUT2D eigenvalue weighted by molar-refractivity contribution is 5.91. The number of aryl methyl sites for hydroxylation is 3. The average Bonchev–Trinajstić information content (AvgIpc) is 2.36. The zero-order chi connectivity index (χ0) is 13.4. The van der Waals surface area contributed by atoms with Crippen molar-refractivity contribution in [2.24, 2.45) is 12.8 Å². The van der Waals surface area contributed by atoms with Gasteiger partial charge in [0.05, 0.1) is 12.6 Å². The predicted octanol–water partition coefficient (Wildman–Crippen LogP) is 1.62. The quantitative estimate of drug-likeness (QED) is 0.876. The fraction of sp³-hybridized carbons (Fsp3) is 0.357. The number of fused-ring (bicyclic) bond motifs is 1. The average molecular weight is 246 g/mol. The van der Waals surface area contributed by atoms with E-state index in [1.165, 1.54) is 0 Å². The van der Waals surface area contributed by atoms with E-state index in [0.29, 0.717) is 11.3 Å². The van der Waals surface area contributed by atoms with E-state index in [1.54, 1.807) is 18.7 Å². The molecule has 0 aliphatic heterocycles. The monoisotopic (exact) mass is 246 g/mol. The first-order valence-electron chi connectivity index (χ1n) is 5.88. The van der Waals surface area contributed by atoms with Gasteiger partial charge < -0.3 is 15.0 Å². The summed E-state index contributed by atoms with van der Waals surface area (Å²) in [6.45, 7) is 4.23. The summed E-state index contributed by atoms with van der Waals surface area (Å²) >= 11 is 0. The molecule has 2 N–H and O–H groups in total. The molecule has 2 aromatic rings. The molecule has 0 saturated heterocycles. The fourth-order valence-electron chi connectivity index (χ4n) is 2.50. The zero-order valence-corrected chi connectivity index (χ0v) is 11.2. The van der Waals surface area contributed by atoms with Crippen LogP contribution in [0.1, 0.15) is 16.7 Å². The number of aromatic nitrogens is 1. The van der Waals surface area contributed by atoms with Crippen LogP contribution in [0, 0.1) is 13.8 Å². The van der Waals surface area contributed by atoms with Gasteiger partial charge in [-0.1, -0.05) is 6.07 Å². The van der Waals surface area contributed by atoms with E-state index >= 15 is 0 Å². The molecule has 4 heteroatoms. The molecule has 0 radical (unpaired) electrons. The summed E-state index contributed by atoms with van der Waals surface area (Å²) in [5.41, 5.74) is 9.21. The van der Waals surface area contributed by atoms with Gasteiger partial charge in [0.15, 0.2) is 0 Å². The lowest BCUT2D eigenvalue weighted by molar-refractivity contribution is 0.417. The van der Waals surface area contributed by atoms with Crippen molar-refractivity contribution in [2.45, 2.75) is 20.4 Å². The van der Waals surface area contributed by atoms with Crippen LogP contribution in [0.25, 0.3) is 10.9 Å². The van der Waals surface area contributed by atoms with E-state index in [9.17, 15) is 4.79 Å². The van der Waals surface area contributed by atoms with Crippen LogP contribution in [0.15, 0.2) is 16.9 Å². The molecular formula is C14H18N2O2. The molecule has 0 amide bonds. The maximum absolute atomic E-state index is 12.2. The molecule has 0 saturated carbocycles. The fourth-order valence-corrected chi connectivity index (χ4v) is 2.50. The normalized spacial score (nSPS) is 10.9. The minimum absolute atomic E-state index is 0.0496. The van der Waals surface area contributed by atoms with Crippen LogP contribution in [0.4, 0.5) is 0 Å². The summed E-state index contributed by atoms with van der Waals surface area (Å²) in [5.74, 6) is 0.710. The van der Waals surface area contributed by atoms with E-state index in [1.807, 2.05) is 26.0 Å². The summed E-state index contributed by atoms with van der Waals surface area (Å²) in [4.78, 5) is 12.2. The number of nitrogens with zero attached hydrogens (tertiary/aromatic N) is 1. The third-order valence-corrected chi connectivity index (χ3v) is 3.50. The SMILES string of the molecule is COc1ccc(C)c2c(C)c(CN)c(=O)n(C)c12. The van der Waals surface area contributed by atoms with E-state index in [4.69, 9.17) is 10.5 Å². The highest BCUT2D eigenvalue weighted by Gasteiger charge is 2.15. The molecule has 0 spiro atoms. The Morgan fingerprint density at radius 1 is 1.33 bits per heavy atom. The van der Waals surface area contributed by atoms with Gasteiger partial charge in [-0.2, -0.15) is 0 Å². The Balaban J connectivity index is 3.11. The molecule has 96 valence electrons. The number of benzene rings is 1. The lowest BCUT2D eigenvalue weighted by atomic mass is 10.00. The molecular weight excluding hydrogens is 228 g/mol. The second kappa shape index (κ2) is 4.46. The Bertz CT molecular complexity index is 672. The third-order valence-electron chi connectivity index (χ3n) is 3.50. The highest BCUT2D eigenvalue weighted by Crippen LogP contribution is 2.30. The molecule has 4 nitrogen and oxygen atoms in total. The lowest BCUT2D eigenvalue weighted by Crippen LogP contribution is -2.25. The standard InChI is InChI=1S/C14H18N2O2/c1-8-5-6-11(18-4)13-12(8)9(2)10(7-15)14(17)16(13)3/h5-6H,7,15H2,1-4H3. The van der Waals surface area contributed by atoms with Crippen LogP contribution in [-0.2, 0) is 13.6 Å². The van der Waals surface area contributed by atoms with Crippen molar-refractivity contribution in [2.75, 3.05) is 7.11 Å². The van der Waals surface area contributed by atoms with Crippen molar-refractivity contribution in [1.82, 2.24) is 4.57 Å². The van der Waals surface area contributed by atoms with Crippen molar-refractivity contribution in [1.29, 1.82) is 0 Å². The number of hydrogen-bond acceptors (Lipinski definition) is 3. The van der Waals surface area contributed by atoms with Crippen LogP contribution in [0.5, 0.6) is 5.75 Å². The van der Waals surface area contributed by atoms with E-state index in [0.717, 1.165) is 22.0 Å². The molecule has 0 atom stereocenters. The second-order valence-corrected chi connectivity index (χ2v) is 4.48. The van der Waals surface area contributed by atoms with Crippen molar-refractivity contribution >= 4 is 10.9 Å². The van der Waals surface area contributed by atoms with Gasteiger partial charge in [0.1, 0.15) is 5.75 Å². The first-order chi connectivity index (χ1) is 8.52. The molecule has 0 fully saturated rings. The first-order valence-corrected chi connectivity index (χ1v) is 5.88. The number of rotatable bonds is 2. The van der Waals surface area contributed by atoms with Gasteiger partial charge in [0.25, 0.3) is 5.56 Å². The summed E-state index contributed by atoms with van der Waals surface area (Å²) < 4.78 is 6.98. The number of nitrogens with two attached hydrogens (primary N) is 1. The second-order valence-electron chi connectivity index (χ2n) is 4.48. The van der Waals surface area contributed by atoms with Gasteiger partial charge in [-0.3, -0.25) is 4.79 Å². The molecule has 0 bridgehead atoms. The summed E-state index contributed by atoms with van der Waals surface area (Å²) in [6, 6.07) is 3.89. The lowest BCUT2D eigenvalue weighted by Gasteiger charge is -2.16. The zero-order valence-electron chi connectivity index (χ0n) is 11.2. The van der Waals surface area contributed by atoms with Crippen molar-refractivity contribution in [3.8, 4) is 5.75 Å². The van der Waals surface area contributed by atoms with Crippen molar-refractivity contribution in [3.05, 3.63) is 39.2 Å². The largest absolute Gasteiger partial charge is 0.495 e. The van der Waals surface area contributed by atoms with Crippen LogP contribution in [0.3, 0.4) is 0 Å².